The number of hydrogen-bond donors (Lipinski definition) is 0. The molecule has 94 valence electrons. The molecule has 2 rings (SSSR count). The maximum Gasteiger partial charge on any atom is 0.210 e. The minimum atomic E-state index is -0.110. The van der Waals surface area contributed by atoms with E-state index in [0.29, 0.717) is 20.7 Å². The van der Waals surface area contributed by atoms with Gasteiger partial charge in [-0.1, -0.05) is 29.3 Å². The van der Waals surface area contributed by atoms with Crippen molar-refractivity contribution in [1.29, 1.82) is 0 Å². The summed E-state index contributed by atoms with van der Waals surface area (Å²) in [4.78, 5) is 12.5. The Hall–Kier alpha value is -0.550. The minimum Gasteiger partial charge on any atom is -0.482 e. The number of carbonyl (C=O) groups excluding carboxylic acids is 1. The van der Waals surface area contributed by atoms with Gasteiger partial charge in [0.15, 0.2) is 12.4 Å². The van der Waals surface area contributed by atoms with E-state index >= 15 is 0 Å². The smallest absolute Gasteiger partial charge is 0.210 e. The molecule has 0 atom stereocenters. The average molecular weight is 366 g/mol. The molecule has 0 amide bonds. The van der Waals surface area contributed by atoms with E-state index < -0.39 is 0 Å². The lowest BCUT2D eigenvalue weighted by molar-refractivity contribution is 0.0926. The molecule has 6 heteroatoms. The largest absolute Gasteiger partial charge is 0.482 e. The number of thiophene rings is 1. The zero-order valence-electron chi connectivity index (χ0n) is 8.95. The zero-order valence-corrected chi connectivity index (χ0v) is 12.9. The number of benzene rings is 1. The third kappa shape index (κ3) is 3.26. The third-order valence-electron chi connectivity index (χ3n) is 2.11. The number of ketones is 1. The molecular formula is C12H7BrCl2O2S. The summed E-state index contributed by atoms with van der Waals surface area (Å²) >= 11 is 16.5. The lowest BCUT2D eigenvalue weighted by Crippen LogP contribution is -2.10. The molecule has 0 unspecified atom stereocenters. The fraction of sp³-hybridized carbons (Fsp3) is 0.0833. The number of Topliss-reactive ketones (excluding diaryl/α,β-unsaturated/α-hetero) is 1. The summed E-state index contributed by atoms with van der Waals surface area (Å²) in [5.41, 5.74) is 0. The molecule has 1 heterocycles. The third-order valence-corrected chi connectivity index (χ3v) is 4.37. The van der Waals surface area contributed by atoms with Gasteiger partial charge in [-0.3, -0.25) is 4.79 Å². The van der Waals surface area contributed by atoms with Crippen LogP contribution in [0, 0.1) is 0 Å². The van der Waals surface area contributed by atoms with Crippen molar-refractivity contribution in [3.8, 4) is 5.75 Å². The first-order chi connectivity index (χ1) is 8.58. The van der Waals surface area contributed by atoms with Crippen LogP contribution in [-0.4, -0.2) is 12.4 Å². The number of ether oxygens (including phenoxy) is 1. The van der Waals surface area contributed by atoms with Gasteiger partial charge in [-0.15, -0.1) is 11.3 Å². The van der Waals surface area contributed by atoms with E-state index in [1.165, 1.54) is 11.3 Å². The van der Waals surface area contributed by atoms with Crippen LogP contribution in [0.2, 0.25) is 10.0 Å². The summed E-state index contributed by atoms with van der Waals surface area (Å²) in [6.45, 7) is -0.0869. The Bertz CT molecular complexity index is 563. The predicted octanol–water partition coefficient (Wildman–Crippen LogP) is 5.08. The molecule has 0 spiro atoms. The maximum atomic E-state index is 11.8. The molecule has 1 aromatic carbocycles. The lowest BCUT2D eigenvalue weighted by Gasteiger charge is -2.08. The second kappa shape index (κ2) is 6.06. The van der Waals surface area contributed by atoms with Crippen LogP contribution in [0.5, 0.6) is 5.75 Å². The summed E-state index contributed by atoms with van der Waals surface area (Å²) in [7, 11) is 0. The molecule has 0 fully saturated rings. The Morgan fingerprint density at radius 3 is 2.44 bits per heavy atom. The standard InChI is InChI=1S/C12H7BrCl2O2S/c13-11-5-4-10(18-11)9(16)6-17-12-7(14)2-1-3-8(12)15/h1-5H,6H2. The van der Waals surface area contributed by atoms with E-state index in [4.69, 9.17) is 27.9 Å². The quantitative estimate of drug-likeness (QED) is 0.706. The molecule has 0 N–H and O–H groups in total. The second-order valence-electron chi connectivity index (χ2n) is 3.37. The molecule has 0 aliphatic heterocycles. The van der Waals surface area contributed by atoms with Crippen LogP contribution in [0.25, 0.3) is 0 Å². The summed E-state index contributed by atoms with van der Waals surface area (Å²) in [5.74, 6) is 0.228. The van der Waals surface area contributed by atoms with E-state index in [1.807, 2.05) is 6.07 Å². The molecule has 0 aliphatic rings. The fourth-order valence-corrected chi connectivity index (χ4v) is 3.11. The highest BCUT2D eigenvalue weighted by molar-refractivity contribution is 9.11. The highest BCUT2D eigenvalue weighted by Crippen LogP contribution is 2.32. The molecule has 0 saturated heterocycles. The first kappa shape index (κ1) is 13.9. The molecular weight excluding hydrogens is 359 g/mol. The van der Waals surface area contributed by atoms with Crippen molar-refractivity contribution in [3.63, 3.8) is 0 Å². The molecule has 0 saturated carbocycles. The molecule has 2 nitrogen and oxygen atoms in total. The first-order valence-corrected chi connectivity index (χ1v) is 7.30. The van der Waals surface area contributed by atoms with Crippen molar-refractivity contribution < 1.29 is 9.53 Å². The van der Waals surface area contributed by atoms with E-state index in [-0.39, 0.29) is 12.4 Å². The lowest BCUT2D eigenvalue weighted by atomic mass is 10.3. The van der Waals surface area contributed by atoms with E-state index in [1.54, 1.807) is 24.3 Å². The summed E-state index contributed by atoms with van der Waals surface area (Å²) in [5, 5.41) is 0.783. The normalized spacial score (nSPS) is 10.4. The van der Waals surface area contributed by atoms with Gasteiger partial charge in [0.1, 0.15) is 0 Å². The van der Waals surface area contributed by atoms with Crippen molar-refractivity contribution >= 4 is 56.3 Å². The maximum absolute atomic E-state index is 11.8. The summed E-state index contributed by atoms with van der Waals surface area (Å²) in [6, 6.07) is 8.61. The van der Waals surface area contributed by atoms with Gasteiger partial charge in [0.05, 0.1) is 18.7 Å². The van der Waals surface area contributed by atoms with Gasteiger partial charge < -0.3 is 4.74 Å². The Kier molecular flexibility index (Phi) is 4.67. The van der Waals surface area contributed by atoms with E-state index in [9.17, 15) is 4.79 Å². The first-order valence-electron chi connectivity index (χ1n) is 4.93. The highest BCUT2D eigenvalue weighted by atomic mass is 79.9. The van der Waals surface area contributed by atoms with Gasteiger partial charge in [-0.25, -0.2) is 0 Å². The molecule has 0 aliphatic carbocycles. The van der Waals surface area contributed by atoms with E-state index in [2.05, 4.69) is 15.9 Å². The predicted molar refractivity (Wildman–Crippen MR) is 78.3 cm³/mol. The Balaban J connectivity index is 2.06. The number of para-hydroxylation sites is 1. The Labute approximate surface area is 127 Å². The van der Waals surface area contributed by atoms with E-state index in [0.717, 1.165) is 3.79 Å². The van der Waals surface area contributed by atoms with Crippen LogP contribution in [0.3, 0.4) is 0 Å². The van der Waals surface area contributed by atoms with Crippen LogP contribution in [-0.2, 0) is 0 Å². The van der Waals surface area contributed by atoms with Gasteiger partial charge in [0.2, 0.25) is 5.78 Å². The molecule has 2 aromatic rings. The van der Waals surface area contributed by atoms with Gasteiger partial charge in [0, 0.05) is 0 Å². The van der Waals surface area contributed by atoms with Crippen molar-refractivity contribution in [3.05, 3.63) is 49.0 Å². The van der Waals surface area contributed by atoms with Crippen LogP contribution in [0.1, 0.15) is 9.67 Å². The number of rotatable bonds is 4. The molecule has 18 heavy (non-hydrogen) atoms. The summed E-state index contributed by atoms with van der Waals surface area (Å²) in [6.07, 6.45) is 0. The highest BCUT2D eigenvalue weighted by Gasteiger charge is 2.12. The van der Waals surface area contributed by atoms with Crippen LogP contribution >= 0.6 is 50.5 Å². The van der Waals surface area contributed by atoms with Crippen LogP contribution in [0.4, 0.5) is 0 Å². The van der Waals surface area contributed by atoms with Crippen molar-refractivity contribution in [2.45, 2.75) is 0 Å². The van der Waals surface area contributed by atoms with Gasteiger partial charge in [0.25, 0.3) is 0 Å². The average Bonchev–Trinajstić information content (AvgIpc) is 2.75. The second-order valence-corrected chi connectivity index (χ2v) is 6.64. The number of carbonyl (C=O) groups is 1. The molecule has 0 bridgehead atoms. The van der Waals surface area contributed by atoms with Crippen LogP contribution in [0.15, 0.2) is 34.1 Å². The SMILES string of the molecule is O=C(COc1c(Cl)cccc1Cl)c1ccc(Br)s1. The topological polar surface area (TPSA) is 26.3 Å². The van der Waals surface area contributed by atoms with Gasteiger partial charge >= 0.3 is 0 Å². The number of halogens is 3. The number of hydrogen-bond acceptors (Lipinski definition) is 3. The zero-order chi connectivity index (χ0) is 13.1. The van der Waals surface area contributed by atoms with Crippen molar-refractivity contribution in [2.24, 2.45) is 0 Å². The van der Waals surface area contributed by atoms with Gasteiger partial charge in [-0.2, -0.15) is 0 Å². The molecule has 0 radical (unpaired) electrons. The Morgan fingerprint density at radius 2 is 1.89 bits per heavy atom. The fourth-order valence-electron chi connectivity index (χ4n) is 1.29. The van der Waals surface area contributed by atoms with Crippen LogP contribution < -0.4 is 4.74 Å². The minimum absolute atomic E-state index is 0.0869. The van der Waals surface area contributed by atoms with Gasteiger partial charge in [-0.05, 0) is 40.2 Å². The van der Waals surface area contributed by atoms with Crippen molar-refractivity contribution in [1.82, 2.24) is 0 Å². The molecule has 1 aromatic heterocycles. The Morgan fingerprint density at radius 1 is 1.22 bits per heavy atom. The van der Waals surface area contributed by atoms with Crippen molar-refractivity contribution in [2.75, 3.05) is 6.61 Å². The summed E-state index contributed by atoms with van der Waals surface area (Å²) < 4.78 is 6.28. The monoisotopic (exact) mass is 364 g/mol.